The molecule has 2 unspecified atom stereocenters. The molecule has 0 bridgehead atoms. The summed E-state index contributed by atoms with van der Waals surface area (Å²) in [5.74, 6) is 1.22. The van der Waals surface area contributed by atoms with E-state index in [1.807, 2.05) is 43.5 Å². The number of nitrogens with zero attached hydrogens (tertiary/aromatic N) is 1. The second-order valence-corrected chi connectivity index (χ2v) is 5.40. The van der Waals surface area contributed by atoms with Gasteiger partial charge in [-0.05, 0) is 25.1 Å². The second kappa shape index (κ2) is 6.71. The summed E-state index contributed by atoms with van der Waals surface area (Å²) in [6, 6.07) is 14.2. The van der Waals surface area contributed by atoms with Gasteiger partial charge in [-0.1, -0.05) is 47.1 Å². The summed E-state index contributed by atoms with van der Waals surface area (Å²) in [6.45, 7) is 4.85. The molecule has 2 rings (SSSR count). The average Bonchev–Trinajstić information content (AvgIpc) is 2.47. The molecule has 19 heavy (non-hydrogen) atoms. The van der Waals surface area contributed by atoms with Crippen molar-refractivity contribution in [3.8, 4) is 5.75 Å². The molecule has 0 aliphatic rings. The summed E-state index contributed by atoms with van der Waals surface area (Å²) < 4.78 is 5.69. The van der Waals surface area contributed by atoms with Crippen LogP contribution in [0.5, 0.6) is 5.75 Å². The normalized spacial score (nSPS) is 13.8. The van der Waals surface area contributed by atoms with Crippen LogP contribution in [0.1, 0.15) is 35.8 Å². The van der Waals surface area contributed by atoms with E-state index in [0.717, 1.165) is 11.4 Å². The van der Waals surface area contributed by atoms with E-state index < -0.39 is 0 Å². The maximum absolute atomic E-state index is 5.69. The van der Waals surface area contributed by atoms with Crippen molar-refractivity contribution in [3.63, 3.8) is 0 Å². The number of hydrogen-bond acceptors (Lipinski definition) is 2. The molecular formula is C16H18BrNO. The maximum atomic E-state index is 5.69. The number of para-hydroxylation sites is 1. The second-order valence-electron chi connectivity index (χ2n) is 4.42. The third kappa shape index (κ3) is 3.35. The van der Waals surface area contributed by atoms with Gasteiger partial charge in [0.25, 0.3) is 0 Å². The highest BCUT2D eigenvalue weighted by Gasteiger charge is 2.21. The van der Waals surface area contributed by atoms with Gasteiger partial charge in [0.15, 0.2) is 0 Å². The molecule has 0 saturated carbocycles. The Morgan fingerprint density at radius 1 is 1.16 bits per heavy atom. The summed E-state index contributed by atoms with van der Waals surface area (Å²) in [5.41, 5.74) is 2.25. The van der Waals surface area contributed by atoms with Gasteiger partial charge in [-0.15, -0.1) is 0 Å². The fourth-order valence-electron chi connectivity index (χ4n) is 2.06. The van der Waals surface area contributed by atoms with Gasteiger partial charge in [0.2, 0.25) is 0 Å². The molecule has 3 heteroatoms. The van der Waals surface area contributed by atoms with Crippen LogP contribution in [-0.2, 0) is 0 Å². The van der Waals surface area contributed by atoms with Crippen LogP contribution in [0.4, 0.5) is 0 Å². The molecule has 2 aromatic rings. The quantitative estimate of drug-likeness (QED) is 0.744. The van der Waals surface area contributed by atoms with E-state index in [9.17, 15) is 0 Å². The molecule has 0 spiro atoms. The first kappa shape index (κ1) is 14.1. The van der Waals surface area contributed by atoms with Crippen molar-refractivity contribution in [2.75, 3.05) is 6.61 Å². The molecule has 0 saturated heterocycles. The van der Waals surface area contributed by atoms with Crippen LogP contribution in [0.2, 0.25) is 0 Å². The molecule has 100 valence electrons. The third-order valence-corrected chi connectivity index (χ3v) is 4.40. The van der Waals surface area contributed by atoms with E-state index in [4.69, 9.17) is 4.74 Å². The average molecular weight is 320 g/mol. The van der Waals surface area contributed by atoms with Crippen LogP contribution in [0.3, 0.4) is 0 Å². The van der Waals surface area contributed by atoms with Gasteiger partial charge in [0, 0.05) is 23.4 Å². The van der Waals surface area contributed by atoms with Crippen LogP contribution >= 0.6 is 15.9 Å². The summed E-state index contributed by atoms with van der Waals surface area (Å²) in [6.07, 6.45) is 1.83. The molecule has 0 amide bonds. The van der Waals surface area contributed by atoms with E-state index in [-0.39, 0.29) is 10.7 Å². The lowest BCUT2D eigenvalue weighted by Crippen LogP contribution is -2.06. The highest BCUT2D eigenvalue weighted by Crippen LogP contribution is 2.40. The highest BCUT2D eigenvalue weighted by atomic mass is 79.9. The minimum absolute atomic E-state index is 0.185. The first-order chi connectivity index (χ1) is 9.24. The van der Waals surface area contributed by atoms with Gasteiger partial charge < -0.3 is 4.74 Å². The Hall–Kier alpha value is -1.35. The van der Waals surface area contributed by atoms with Crippen LogP contribution in [0.25, 0.3) is 0 Å². The zero-order valence-electron chi connectivity index (χ0n) is 11.2. The number of aromatic nitrogens is 1. The van der Waals surface area contributed by atoms with Crippen molar-refractivity contribution in [1.82, 2.24) is 4.98 Å². The van der Waals surface area contributed by atoms with Crippen molar-refractivity contribution in [2.45, 2.75) is 24.6 Å². The summed E-state index contributed by atoms with van der Waals surface area (Å²) in [5, 5.41) is 0. The highest BCUT2D eigenvalue weighted by molar-refractivity contribution is 9.09. The third-order valence-electron chi connectivity index (χ3n) is 3.11. The molecule has 1 aromatic carbocycles. The fraction of sp³-hybridized carbons (Fsp3) is 0.312. The molecule has 0 aliphatic heterocycles. The molecule has 1 heterocycles. The van der Waals surface area contributed by atoms with Crippen molar-refractivity contribution in [1.29, 1.82) is 0 Å². The Morgan fingerprint density at radius 3 is 2.58 bits per heavy atom. The Labute approximate surface area is 123 Å². The number of benzene rings is 1. The number of alkyl halides is 1. The number of halogens is 1. The van der Waals surface area contributed by atoms with Gasteiger partial charge in [0.05, 0.1) is 11.4 Å². The van der Waals surface area contributed by atoms with Crippen LogP contribution in [0.15, 0.2) is 48.7 Å². The van der Waals surface area contributed by atoms with Gasteiger partial charge in [0.1, 0.15) is 5.75 Å². The van der Waals surface area contributed by atoms with Crippen molar-refractivity contribution in [3.05, 3.63) is 59.9 Å². The lowest BCUT2D eigenvalue weighted by Gasteiger charge is -2.20. The Balaban J connectivity index is 2.26. The topological polar surface area (TPSA) is 22.1 Å². The zero-order chi connectivity index (χ0) is 13.7. The lowest BCUT2D eigenvalue weighted by molar-refractivity contribution is 0.335. The van der Waals surface area contributed by atoms with E-state index in [2.05, 4.69) is 40.0 Å². The van der Waals surface area contributed by atoms with Crippen molar-refractivity contribution >= 4 is 15.9 Å². The largest absolute Gasteiger partial charge is 0.494 e. The van der Waals surface area contributed by atoms with Crippen LogP contribution < -0.4 is 4.74 Å². The SMILES string of the molecule is CCOc1ccccc1C(Br)C(C)c1ccccn1. The number of ether oxygens (including phenoxy) is 1. The summed E-state index contributed by atoms with van der Waals surface area (Å²) in [4.78, 5) is 4.62. The monoisotopic (exact) mass is 319 g/mol. The van der Waals surface area contributed by atoms with E-state index in [1.165, 1.54) is 5.56 Å². The summed E-state index contributed by atoms with van der Waals surface area (Å²) in [7, 11) is 0. The smallest absolute Gasteiger partial charge is 0.123 e. The minimum Gasteiger partial charge on any atom is -0.494 e. The molecule has 0 fully saturated rings. The Kier molecular flexibility index (Phi) is 4.97. The lowest BCUT2D eigenvalue weighted by atomic mass is 9.97. The van der Waals surface area contributed by atoms with Crippen LogP contribution in [0, 0.1) is 0 Å². The molecule has 0 radical (unpaired) electrons. The zero-order valence-corrected chi connectivity index (χ0v) is 12.8. The number of hydrogen-bond donors (Lipinski definition) is 0. The van der Waals surface area contributed by atoms with Crippen molar-refractivity contribution in [2.24, 2.45) is 0 Å². The minimum atomic E-state index is 0.185. The standard InChI is InChI=1S/C16H18BrNO/c1-3-19-15-10-5-4-8-13(15)16(17)12(2)14-9-6-7-11-18-14/h4-12,16H,3H2,1-2H3. The van der Waals surface area contributed by atoms with Gasteiger partial charge in [-0.2, -0.15) is 0 Å². The van der Waals surface area contributed by atoms with Crippen LogP contribution in [-0.4, -0.2) is 11.6 Å². The van der Waals surface area contributed by atoms with Gasteiger partial charge in [-0.25, -0.2) is 0 Å². The molecule has 1 aromatic heterocycles. The molecule has 2 atom stereocenters. The Bertz CT molecular complexity index is 515. The summed E-state index contributed by atoms with van der Waals surface area (Å²) >= 11 is 3.79. The van der Waals surface area contributed by atoms with Crippen molar-refractivity contribution < 1.29 is 4.74 Å². The predicted molar refractivity (Wildman–Crippen MR) is 81.9 cm³/mol. The first-order valence-corrected chi connectivity index (χ1v) is 7.42. The molecule has 2 nitrogen and oxygen atoms in total. The number of rotatable bonds is 5. The molecular weight excluding hydrogens is 302 g/mol. The molecule has 0 N–H and O–H groups in total. The number of pyridine rings is 1. The molecule has 0 aliphatic carbocycles. The van der Waals surface area contributed by atoms with E-state index >= 15 is 0 Å². The predicted octanol–water partition coefficient (Wildman–Crippen LogP) is 4.72. The van der Waals surface area contributed by atoms with E-state index in [0.29, 0.717) is 6.61 Å². The maximum Gasteiger partial charge on any atom is 0.123 e. The van der Waals surface area contributed by atoms with Gasteiger partial charge >= 0.3 is 0 Å². The van der Waals surface area contributed by atoms with E-state index in [1.54, 1.807) is 0 Å². The Morgan fingerprint density at radius 2 is 1.89 bits per heavy atom. The first-order valence-electron chi connectivity index (χ1n) is 6.50. The van der Waals surface area contributed by atoms with Gasteiger partial charge in [-0.3, -0.25) is 4.98 Å². The fourth-order valence-corrected chi connectivity index (χ4v) is 2.71.